The van der Waals surface area contributed by atoms with Crippen molar-refractivity contribution < 1.29 is 0 Å². The largest absolute Gasteiger partial charge is 0.382 e. The molecule has 7 nitrogen and oxygen atoms in total. The van der Waals surface area contributed by atoms with Gasteiger partial charge in [0.05, 0.1) is 11.7 Å². The molecule has 0 radical (unpaired) electrons. The first-order chi connectivity index (χ1) is 14.9. The third-order valence-corrected chi connectivity index (χ3v) is 6.81. The zero-order valence-electron chi connectivity index (χ0n) is 18.0. The Morgan fingerprint density at radius 1 is 1.23 bits per heavy atom. The van der Waals surface area contributed by atoms with Gasteiger partial charge in [0, 0.05) is 48.5 Å². The molecule has 2 N–H and O–H groups in total. The zero-order chi connectivity index (χ0) is 21.7. The number of nitrogens with one attached hydrogen (secondary N) is 2. The van der Waals surface area contributed by atoms with E-state index in [1.807, 2.05) is 18.2 Å². The van der Waals surface area contributed by atoms with Gasteiger partial charge >= 0.3 is 0 Å². The van der Waals surface area contributed by atoms with Crippen LogP contribution in [0.4, 0.5) is 23.1 Å². The third-order valence-electron chi connectivity index (χ3n) is 6.53. The maximum Gasteiger partial charge on any atom is 0.252 e. The number of hydrogen-bond acceptors (Lipinski definition) is 6. The number of aromatic nitrogens is 3. The summed E-state index contributed by atoms with van der Waals surface area (Å²) in [5.41, 5.74) is 2.58. The summed E-state index contributed by atoms with van der Waals surface area (Å²) in [5.74, 6) is 1.95. The number of pyridine rings is 1. The second kappa shape index (κ2) is 7.71. The van der Waals surface area contributed by atoms with Gasteiger partial charge in [0.15, 0.2) is 5.82 Å². The van der Waals surface area contributed by atoms with Gasteiger partial charge in [-0.1, -0.05) is 11.6 Å². The number of nitrogens with zero attached hydrogens (tertiary/aromatic N) is 4. The molecule has 0 bridgehead atoms. The van der Waals surface area contributed by atoms with E-state index in [9.17, 15) is 4.79 Å². The number of aryl methyl sites for hydroxylation is 1. The molecule has 2 fully saturated rings. The standard InChI is InChI=1S/C23H27ClN6O/c1-13-8-9-30(13)23-25-12-18(24)22(28-23)27-16-6-7-20-17(10-16)19(11-21(31)29(20)3)26-14(2)15-4-5-15/h6-7,10-15,26H,4-5,8-9H2,1-3H3,(H,25,27,28)/t13?,14-/m1/s1. The quantitative estimate of drug-likeness (QED) is 0.588. The van der Waals surface area contributed by atoms with Crippen molar-refractivity contribution in [2.75, 3.05) is 22.1 Å². The minimum atomic E-state index is -0.0224. The average Bonchev–Trinajstić information content (AvgIpc) is 3.58. The van der Waals surface area contributed by atoms with Gasteiger partial charge in [-0.05, 0) is 57.2 Å². The fourth-order valence-corrected chi connectivity index (χ4v) is 4.29. The van der Waals surface area contributed by atoms with Crippen molar-refractivity contribution >= 4 is 45.6 Å². The van der Waals surface area contributed by atoms with Crippen molar-refractivity contribution in [2.24, 2.45) is 13.0 Å². The summed E-state index contributed by atoms with van der Waals surface area (Å²) in [6.07, 6.45) is 5.28. The van der Waals surface area contributed by atoms with Crippen LogP contribution in [0.3, 0.4) is 0 Å². The zero-order valence-corrected chi connectivity index (χ0v) is 18.8. The van der Waals surface area contributed by atoms with Crippen LogP contribution in [0.5, 0.6) is 0 Å². The molecule has 1 aliphatic heterocycles. The molecule has 1 aromatic carbocycles. The minimum absolute atomic E-state index is 0.0224. The second-order valence-electron chi connectivity index (χ2n) is 8.78. The molecule has 2 aliphatic rings. The molecule has 5 rings (SSSR count). The molecule has 1 saturated carbocycles. The number of hydrogen-bond donors (Lipinski definition) is 2. The molecule has 2 atom stereocenters. The number of halogens is 1. The lowest BCUT2D eigenvalue weighted by molar-refractivity contribution is 0.471. The topological polar surface area (TPSA) is 75.1 Å². The summed E-state index contributed by atoms with van der Waals surface area (Å²) in [5, 5.41) is 8.37. The Balaban J connectivity index is 1.50. The smallest absolute Gasteiger partial charge is 0.252 e. The van der Waals surface area contributed by atoms with E-state index in [0.29, 0.717) is 34.8 Å². The minimum Gasteiger partial charge on any atom is -0.382 e. The van der Waals surface area contributed by atoms with Crippen LogP contribution >= 0.6 is 11.6 Å². The molecule has 1 saturated heterocycles. The summed E-state index contributed by atoms with van der Waals surface area (Å²) in [7, 11) is 1.80. The van der Waals surface area contributed by atoms with Crippen molar-refractivity contribution in [3.05, 3.63) is 45.8 Å². The van der Waals surface area contributed by atoms with E-state index in [2.05, 4.69) is 39.3 Å². The first kappa shape index (κ1) is 20.1. The first-order valence-electron chi connectivity index (χ1n) is 10.9. The fraction of sp³-hybridized carbons (Fsp3) is 0.435. The Kier molecular flexibility index (Phi) is 5.01. The molecule has 3 aromatic rings. The number of anilines is 4. The molecule has 1 unspecified atom stereocenters. The maximum atomic E-state index is 12.5. The van der Waals surface area contributed by atoms with Crippen molar-refractivity contribution in [2.45, 2.75) is 45.2 Å². The van der Waals surface area contributed by atoms with E-state index in [-0.39, 0.29) is 5.56 Å². The summed E-state index contributed by atoms with van der Waals surface area (Å²) < 4.78 is 1.67. The summed E-state index contributed by atoms with van der Waals surface area (Å²) in [6.45, 7) is 5.31. The highest BCUT2D eigenvalue weighted by molar-refractivity contribution is 6.32. The Bertz CT molecular complexity index is 1200. The lowest BCUT2D eigenvalue weighted by atomic mass is 10.1. The van der Waals surface area contributed by atoms with Crippen LogP contribution in [0.2, 0.25) is 5.02 Å². The normalized spacial score (nSPS) is 19.2. The molecule has 8 heteroatoms. The van der Waals surface area contributed by atoms with Crippen LogP contribution < -0.4 is 21.1 Å². The van der Waals surface area contributed by atoms with E-state index < -0.39 is 0 Å². The van der Waals surface area contributed by atoms with Gasteiger partial charge in [0.1, 0.15) is 5.02 Å². The maximum absolute atomic E-state index is 12.5. The third kappa shape index (κ3) is 3.82. The van der Waals surface area contributed by atoms with Gasteiger partial charge in [0.25, 0.3) is 5.56 Å². The lowest BCUT2D eigenvalue weighted by Gasteiger charge is -2.38. The van der Waals surface area contributed by atoms with Crippen molar-refractivity contribution in [3.8, 4) is 0 Å². The molecule has 3 heterocycles. The first-order valence-corrected chi connectivity index (χ1v) is 11.2. The summed E-state index contributed by atoms with van der Waals surface area (Å²) in [4.78, 5) is 23.7. The van der Waals surface area contributed by atoms with Gasteiger partial charge in [-0.25, -0.2) is 4.98 Å². The highest BCUT2D eigenvalue weighted by Gasteiger charge is 2.28. The van der Waals surface area contributed by atoms with E-state index >= 15 is 0 Å². The molecule has 162 valence electrons. The van der Waals surface area contributed by atoms with Gasteiger partial charge in [-0.15, -0.1) is 0 Å². The van der Waals surface area contributed by atoms with Crippen LogP contribution in [0.15, 0.2) is 35.3 Å². The summed E-state index contributed by atoms with van der Waals surface area (Å²) >= 11 is 6.39. The van der Waals surface area contributed by atoms with E-state index in [1.165, 1.54) is 12.8 Å². The predicted octanol–water partition coefficient (Wildman–Crippen LogP) is 4.53. The molecular weight excluding hydrogens is 412 g/mol. The number of rotatable bonds is 6. The van der Waals surface area contributed by atoms with Crippen LogP contribution in [-0.4, -0.2) is 33.2 Å². The SMILES string of the molecule is CC1CCN1c1ncc(Cl)c(Nc2ccc3c(c2)c(N[C@H](C)C2CC2)cc(=O)n3C)n1. The Morgan fingerprint density at radius 2 is 2.03 bits per heavy atom. The van der Waals surface area contributed by atoms with E-state index in [0.717, 1.165) is 35.2 Å². The van der Waals surface area contributed by atoms with Gasteiger partial charge < -0.3 is 20.1 Å². The van der Waals surface area contributed by atoms with Crippen molar-refractivity contribution in [1.82, 2.24) is 14.5 Å². The highest BCUT2D eigenvalue weighted by Crippen LogP contribution is 2.36. The molecule has 1 aliphatic carbocycles. The highest BCUT2D eigenvalue weighted by atomic mass is 35.5. The summed E-state index contributed by atoms with van der Waals surface area (Å²) in [6, 6.07) is 8.41. The van der Waals surface area contributed by atoms with Crippen LogP contribution in [0.1, 0.15) is 33.1 Å². The van der Waals surface area contributed by atoms with Gasteiger partial charge in [0.2, 0.25) is 5.95 Å². The molecular formula is C23H27ClN6O. The number of benzene rings is 1. The molecule has 2 aromatic heterocycles. The number of fused-ring (bicyclic) bond motifs is 1. The van der Waals surface area contributed by atoms with Crippen LogP contribution in [0.25, 0.3) is 10.9 Å². The molecule has 0 amide bonds. The van der Waals surface area contributed by atoms with Crippen molar-refractivity contribution in [3.63, 3.8) is 0 Å². The van der Waals surface area contributed by atoms with Crippen molar-refractivity contribution in [1.29, 1.82) is 0 Å². The Morgan fingerprint density at radius 3 is 2.71 bits per heavy atom. The van der Waals surface area contributed by atoms with Crippen LogP contribution in [0, 0.1) is 5.92 Å². The van der Waals surface area contributed by atoms with Crippen LogP contribution in [-0.2, 0) is 7.05 Å². The van der Waals surface area contributed by atoms with Gasteiger partial charge in [-0.2, -0.15) is 4.98 Å². The van der Waals surface area contributed by atoms with E-state index in [1.54, 1.807) is 23.9 Å². The van der Waals surface area contributed by atoms with Gasteiger partial charge in [-0.3, -0.25) is 4.79 Å². The lowest BCUT2D eigenvalue weighted by Crippen LogP contribution is -2.46. The van der Waals surface area contributed by atoms with E-state index in [4.69, 9.17) is 11.6 Å². The Hall–Kier alpha value is -2.80. The molecule has 31 heavy (non-hydrogen) atoms. The predicted molar refractivity (Wildman–Crippen MR) is 127 cm³/mol. The fourth-order valence-electron chi connectivity index (χ4n) is 4.15. The second-order valence-corrected chi connectivity index (χ2v) is 9.19. The monoisotopic (exact) mass is 438 g/mol. The Labute approximate surface area is 186 Å². The molecule has 0 spiro atoms. The average molecular weight is 439 g/mol.